The fourth-order valence-corrected chi connectivity index (χ4v) is 8.80. The molecule has 0 saturated heterocycles. The second-order valence-electron chi connectivity index (χ2n) is 11.9. The lowest BCUT2D eigenvalue weighted by Gasteiger charge is -2.14. The van der Waals surface area contributed by atoms with E-state index < -0.39 is 5.97 Å². The average molecular weight is 686 g/mol. The van der Waals surface area contributed by atoms with Crippen LogP contribution in [0.2, 0.25) is 5.02 Å². The maximum Gasteiger partial charge on any atom is 0.352 e. The smallest absolute Gasteiger partial charge is 0.352 e. The number of aryl methyl sites for hydroxylation is 4. The minimum Gasteiger partial charge on any atom is -0.493 e. The van der Waals surface area contributed by atoms with Crippen molar-refractivity contribution in [2.24, 2.45) is 14.1 Å². The number of carboxylic acids is 1. The molecule has 8 nitrogen and oxygen atoms in total. The fourth-order valence-electron chi connectivity index (χ4n) is 6.71. The molecular formula is C36H36ClN5O3S2. The van der Waals surface area contributed by atoms with E-state index in [9.17, 15) is 9.90 Å². The first kappa shape index (κ1) is 31.7. The van der Waals surface area contributed by atoms with Gasteiger partial charge in [0.2, 0.25) is 0 Å². The average Bonchev–Trinajstić information content (AvgIpc) is 3.67. The van der Waals surface area contributed by atoms with Crippen LogP contribution in [0.3, 0.4) is 0 Å². The Hall–Kier alpha value is -3.86. The molecule has 0 aliphatic carbocycles. The molecule has 0 radical (unpaired) electrons. The van der Waals surface area contributed by atoms with Crippen molar-refractivity contribution in [3.63, 3.8) is 0 Å². The largest absolute Gasteiger partial charge is 0.493 e. The van der Waals surface area contributed by atoms with E-state index in [-0.39, 0.29) is 0 Å². The van der Waals surface area contributed by atoms with Crippen LogP contribution in [0.15, 0.2) is 59.5 Å². The molecule has 1 N–H and O–H groups in total. The molecule has 1 aliphatic rings. The third kappa shape index (κ3) is 5.81. The molecule has 242 valence electrons. The molecule has 0 saturated carbocycles. The number of hydrogen-bond donors (Lipinski definition) is 1. The van der Waals surface area contributed by atoms with Crippen LogP contribution < -0.4 is 4.74 Å². The summed E-state index contributed by atoms with van der Waals surface area (Å²) < 4.78 is 12.3. The Labute approximate surface area is 287 Å². The lowest BCUT2D eigenvalue weighted by molar-refractivity contribution is 0.0684. The number of hydrogen-bond acceptors (Lipinski definition) is 6. The summed E-state index contributed by atoms with van der Waals surface area (Å²) in [6.07, 6.45) is 1.18. The van der Waals surface area contributed by atoms with Crippen LogP contribution in [0.4, 0.5) is 0 Å². The zero-order valence-corrected chi connectivity index (χ0v) is 29.2. The molecule has 3 aromatic heterocycles. The zero-order chi connectivity index (χ0) is 32.8. The number of fused-ring (bicyclic) bond motifs is 8. The Balaban J connectivity index is 1.37. The SMILES string of the molecule is CCc1c(C(=O)O)n2c3ccc(Cl)c(c13)-c1c(nn(C)c1C)CSCc1cc(n(C)n1)CSc1cc(c3ccccc3c1)OCCC2. The van der Waals surface area contributed by atoms with Gasteiger partial charge >= 0.3 is 5.97 Å². The summed E-state index contributed by atoms with van der Waals surface area (Å²) >= 11 is 10.6. The van der Waals surface area contributed by atoms with E-state index in [1.807, 2.05) is 66.1 Å². The van der Waals surface area contributed by atoms with Crippen molar-refractivity contribution >= 4 is 62.8 Å². The molecule has 47 heavy (non-hydrogen) atoms. The molecule has 3 aromatic carbocycles. The number of aromatic carboxylic acids is 1. The number of aromatic nitrogens is 5. The predicted molar refractivity (Wildman–Crippen MR) is 192 cm³/mol. The van der Waals surface area contributed by atoms with Crippen molar-refractivity contribution < 1.29 is 14.6 Å². The molecule has 8 bridgehead atoms. The van der Waals surface area contributed by atoms with Gasteiger partial charge in [-0.05, 0) is 61.0 Å². The Morgan fingerprint density at radius 3 is 2.66 bits per heavy atom. The lowest BCUT2D eigenvalue weighted by atomic mass is 9.96. The van der Waals surface area contributed by atoms with Gasteiger partial charge in [0.15, 0.2) is 0 Å². The number of nitrogens with zero attached hydrogens (tertiary/aromatic N) is 5. The van der Waals surface area contributed by atoms with Gasteiger partial charge in [0.1, 0.15) is 11.4 Å². The number of thioether (sulfide) groups is 2. The summed E-state index contributed by atoms with van der Waals surface area (Å²) in [4.78, 5) is 14.0. The Kier molecular flexibility index (Phi) is 8.76. The molecular weight excluding hydrogens is 650 g/mol. The van der Waals surface area contributed by atoms with Gasteiger partial charge < -0.3 is 14.4 Å². The number of rotatable bonds is 2. The van der Waals surface area contributed by atoms with Crippen LogP contribution in [0.5, 0.6) is 5.75 Å². The highest BCUT2D eigenvalue weighted by atomic mass is 35.5. The van der Waals surface area contributed by atoms with Gasteiger partial charge in [-0.15, -0.1) is 23.5 Å². The number of halogens is 1. The number of benzene rings is 3. The highest BCUT2D eigenvalue weighted by Crippen LogP contribution is 2.43. The second kappa shape index (κ2) is 13.0. The van der Waals surface area contributed by atoms with Gasteiger partial charge in [0.05, 0.1) is 18.0 Å². The molecule has 7 rings (SSSR count). The van der Waals surface area contributed by atoms with Gasteiger partial charge in [-0.1, -0.05) is 42.8 Å². The summed E-state index contributed by atoms with van der Waals surface area (Å²) in [5, 5.41) is 23.9. The van der Waals surface area contributed by atoms with Crippen LogP contribution in [0, 0.1) is 6.92 Å². The van der Waals surface area contributed by atoms with E-state index in [0.29, 0.717) is 42.5 Å². The summed E-state index contributed by atoms with van der Waals surface area (Å²) in [5.74, 6) is 2.07. The van der Waals surface area contributed by atoms with E-state index >= 15 is 0 Å². The third-order valence-corrected chi connectivity index (χ3v) is 11.3. The molecule has 0 spiro atoms. The predicted octanol–water partition coefficient (Wildman–Crippen LogP) is 8.66. The van der Waals surface area contributed by atoms with Crippen molar-refractivity contribution in [2.45, 2.75) is 55.4 Å². The highest BCUT2D eigenvalue weighted by Gasteiger charge is 2.28. The van der Waals surface area contributed by atoms with Gasteiger partial charge in [-0.3, -0.25) is 9.36 Å². The quantitative estimate of drug-likeness (QED) is 0.195. The first-order valence-electron chi connectivity index (χ1n) is 15.7. The molecule has 0 amide bonds. The van der Waals surface area contributed by atoms with Gasteiger partial charge in [0, 0.05) is 86.6 Å². The van der Waals surface area contributed by atoms with E-state index in [1.54, 1.807) is 23.5 Å². The molecule has 0 unspecified atom stereocenters. The summed E-state index contributed by atoms with van der Waals surface area (Å²) in [6.45, 7) is 4.98. The van der Waals surface area contributed by atoms with Gasteiger partial charge in [-0.2, -0.15) is 10.2 Å². The summed E-state index contributed by atoms with van der Waals surface area (Å²) in [6, 6.07) is 18.6. The molecule has 0 atom stereocenters. The van der Waals surface area contributed by atoms with Crippen LogP contribution in [0.25, 0.3) is 32.8 Å². The Morgan fingerprint density at radius 1 is 1.02 bits per heavy atom. The second-order valence-corrected chi connectivity index (χ2v) is 14.3. The minimum absolute atomic E-state index is 0.306. The third-order valence-electron chi connectivity index (χ3n) is 8.98. The van der Waals surface area contributed by atoms with Crippen molar-refractivity contribution in [2.75, 3.05) is 6.61 Å². The van der Waals surface area contributed by atoms with Gasteiger partial charge in [0.25, 0.3) is 0 Å². The van der Waals surface area contributed by atoms with E-state index in [1.165, 1.54) is 0 Å². The van der Waals surface area contributed by atoms with Crippen molar-refractivity contribution in [3.8, 4) is 16.9 Å². The van der Waals surface area contributed by atoms with Crippen LogP contribution in [0.1, 0.15) is 52.2 Å². The molecule has 1 aliphatic heterocycles. The minimum atomic E-state index is -0.945. The Morgan fingerprint density at radius 2 is 1.85 bits per heavy atom. The van der Waals surface area contributed by atoms with Crippen LogP contribution in [-0.4, -0.2) is 41.8 Å². The van der Waals surface area contributed by atoms with Crippen LogP contribution in [-0.2, 0) is 44.3 Å². The van der Waals surface area contributed by atoms with E-state index in [0.717, 1.165) is 83.3 Å². The van der Waals surface area contributed by atoms with E-state index in [4.69, 9.17) is 26.5 Å². The number of carbonyl (C=O) groups is 1. The maximum absolute atomic E-state index is 12.9. The van der Waals surface area contributed by atoms with Crippen molar-refractivity contribution in [1.29, 1.82) is 0 Å². The monoisotopic (exact) mass is 685 g/mol. The summed E-state index contributed by atoms with van der Waals surface area (Å²) in [5.41, 5.74) is 7.86. The molecule has 0 fully saturated rings. The number of ether oxygens (including phenoxy) is 1. The topological polar surface area (TPSA) is 87.1 Å². The summed E-state index contributed by atoms with van der Waals surface area (Å²) in [7, 11) is 3.95. The molecule has 4 heterocycles. The first-order valence-corrected chi connectivity index (χ1v) is 18.2. The zero-order valence-electron chi connectivity index (χ0n) is 26.8. The highest BCUT2D eigenvalue weighted by molar-refractivity contribution is 7.98. The number of carboxylic acid groups (broad SMARTS) is 1. The lowest BCUT2D eigenvalue weighted by Crippen LogP contribution is -2.12. The van der Waals surface area contributed by atoms with Crippen molar-refractivity contribution in [1.82, 2.24) is 24.1 Å². The van der Waals surface area contributed by atoms with Crippen LogP contribution >= 0.6 is 35.1 Å². The fraction of sp³-hybridized carbons (Fsp3) is 0.306. The molecule has 11 heteroatoms. The maximum atomic E-state index is 12.9. The van der Waals surface area contributed by atoms with Gasteiger partial charge in [-0.25, -0.2) is 4.79 Å². The standard InChI is InChI=1S/C36H36ClN5O3S2/c1-5-26-33-30-12-11-28(37)34(33)32-21(2)40(3)39-29(32)20-46-18-23-16-24(41(4)38-23)19-47-25-15-22-9-6-7-10-27(22)31(17-25)45-14-8-13-42(30)35(26)36(43)44/h6-7,9-12,15-17H,5,8,13-14,18-20H2,1-4H3,(H,43,44). The Bertz CT molecular complexity index is 2170. The van der Waals surface area contributed by atoms with Crippen molar-refractivity contribution in [3.05, 3.63) is 93.7 Å². The first-order chi connectivity index (χ1) is 22.7. The normalized spacial score (nSPS) is 14.2. The van der Waals surface area contributed by atoms with E-state index in [2.05, 4.69) is 30.3 Å². The molecule has 6 aromatic rings.